The van der Waals surface area contributed by atoms with Crippen LogP contribution >= 0.6 is 11.8 Å². The number of aliphatic hydroxyl groups is 1. The standard InChI is InChI=1S/C8H11N3O3S.Ca.2H/c9-5-1-2-11(8(13)10-5)6-4-15-7(3-12)14-6;;;/h1-2,6-7,12H,3-4H2,(H2,9,10,13);;;/q;+2;2*-1/t6-,7+;;;/m0.../s1. The second-order valence-electron chi connectivity index (χ2n) is 3.08. The Morgan fingerprint density at radius 3 is 3.12 bits per heavy atom. The van der Waals surface area contributed by atoms with E-state index in [1.54, 1.807) is 12.3 Å². The molecule has 0 amide bonds. The van der Waals surface area contributed by atoms with Gasteiger partial charge >= 0.3 is 43.4 Å². The van der Waals surface area contributed by atoms with Crippen molar-refractivity contribution in [2.24, 2.45) is 0 Å². The summed E-state index contributed by atoms with van der Waals surface area (Å²) in [5.74, 6) is 0.817. The first-order valence-corrected chi connectivity index (χ1v) is 5.48. The van der Waals surface area contributed by atoms with Crippen molar-refractivity contribution in [3.05, 3.63) is 22.7 Å². The third-order valence-corrected chi connectivity index (χ3v) is 3.15. The van der Waals surface area contributed by atoms with Crippen molar-refractivity contribution in [1.29, 1.82) is 0 Å². The molecule has 1 aliphatic rings. The number of aliphatic hydroxyl groups excluding tert-OH is 1. The molecular formula is C8H13CaN3O3S. The van der Waals surface area contributed by atoms with Crippen LogP contribution in [0.4, 0.5) is 5.82 Å². The predicted octanol–water partition coefficient (Wildman–Crippen LogP) is -0.750. The fourth-order valence-electron chi connectivity index (χ4n) is 1.33. The Kier molecular flexibility index (Phi) is 5.55. The summed E-state index contributed by atoms with van der Waals surface area (Å²) in [6.07, 6.45) is 1.18. The topological polar surface area (TPSA) is 90.4 Å². The second kappa shape index (κ2) is 6.23. The zero-order valence-electron chi connectivity index (χ0n) is 10.6. The van der Waals surface area contributed by atoms with Crippen molar-refractivity contribution in [1.82, 2.24) is 9.55 Å². The molecule has 16 heavy (non-hydrogen) atoms. The van der Waals surface area contributed by atoms with Crippen LogP contribution in [0.3, 0.4) is 0 Å². The van der Waals surface area contributed by atoms with Gasteiger partial charge in [-0.25, -0.2) is 4.79 Å². The number of nitrogens with two attached hydrogens (primary N) is 1. The van der Waals surface area contributed by atoms with Gasteiger partial charge in [-0.3, -0.25) is 4.57 Å². The van der Waals surface area contributed by atoms with E-state index in [-0.39, 0.29) is 64.7 Å². The number of nitrogens with zero attached hydrogens (tertiary/aromatic N) is 2. The molecule has 1 aromatic heterocycles. The van der Waals surface area contributed by atoms with Crippen LogP contribution in [0, 0.1) is 0 Å². The first kappa shape index (κ1) is 14.3. The van der Waals surface area contributed by atoms with Gasteiger partial charge in [0.05, 0.1) is 6.61 Å². The summed E-state index contributed by atoms with van der Waals surface area (Å²) >= 11 is 1.47. The van der Waals surface area contributed by atoms with E-state index in [1.165, 1.54) is 16.3 Å². The summed E-state index contributed by atoms with van der Waals surface area (Å²) in [4.78, 5) is 15.0. The van der Waals surface area contributed by atoms with Gasteiger partial charge in [-0.05, 0) is 6.07 Å². The molecule has 0 spiro atoms. The summed E-state index contributed by atoms with van der Waals surface area (Å²) < 4.78 is 6.79. The van der Waals surface area contributed by atoms with E-state index in [1.807, 2.05) is 0 Å². The first-order valence-electron chi connectivity index (χ1n) is 4.43. The number of ether oxygens (including phenoxy) is 1. The average Bonchev–Trinajstić information content (AvgIpc) is 2.66. The molecule has 2 heterocycles. The van der Waals surface area contributed by atoms with Crippen molar-refractivity contribution in [2.45, 2.75) is 11.7 Å². The quantitative estimate of drug-likeness (QED) is 0.688. The van der Waals surface area contributed by atoms with Crippen LogP contribution < -0.4 is 11.4 Å². The predicted molar refractivity (Wildman–Crippen MR) is 64.3 cm³/mol. The Balaban J connectivity index is 0. The fourth-order valence-corrected chi connectivity index (χ4v) is 2.26. The van der Waals surface area contributed by atoms with E-state index in [0.717, 1.165) is 0 Å². The summed E-state index contributed by atoms with van der Waals surface area (Å²) in [7, 11) is 0. The molecule has 1 fully saturated rings. The van der Waals surface area contributed by atoms with Crippen LogP contribution in [0.2, 0.25) is 0 Å². The van der Waals surface area contributed by atoms with E-state index < -0.39 is 5.69 Å². The Morgan fingerprint density at radius 2 is 2.56 bits per heavy atom. The minimum Gasteiger partial charge on any atom is -1.00 e. The second-order valence-corrected chi connectivity index (χ2v) is 4.27. The molecule has 0 aliphatic carbocycles. The smallest absolute Gasteiger partial charge is 1.00 e. The van der Waals surface area contributed by atoms with E-state index in [2.05, 4.69) is 4.98 Å². The van der Waals surface area contributed by atoms with Crippen molar-refractivity contribution >= 4 is 55.3 Å². The van der Waals surface area contributed by atoms with E-state index in [4.69, 9.17) is 15.6 Å². The molecule has 6 nitrogen and oxygen atoms in total. The van der Waals surface area contributed by atoms with E-state index in [0.29, 0.717) is 5.75 Å². The molecule has 0 unspecified atom stereocenters. The Labute approximate surface area is 129 Å². The monoisotopic (exact) mass is 271 g/mol. The molecule has 2 rings (SSSR count). The van der Waals surface area contributed by atoms with Gasteiger partial charge in [0.1, 0.15) is 17.5 Å². The van der Waals surface area contributed by atoms with Gasteiger partial charge in [-0.1, -0.05) is 0 Å². The van der Waals surface area contributed by atoms with Crippen LogP contribution in [0.1, 0.15) is 9.08 Å². The molecule has 1 aliphatic heterocycles. The summed E-state index contributed by atoms with van der Waals surface area (Å²) in [6, 6.07) is 1.54. The van der Waals surface area contributed by atoms with Crippen LogP contribution in [0.5, 0.6) is 0 Å². The van der Waals surface area contributed by atoms with Crippen LogP contribution in [-0.2, 0) is 4.74 Å². The number of hydrogen-bond donors (Lipinski definition) is 2. The summed E-state index contributed by atoms with van der Waals surface area (Å²) in [5, 5.41) is 8.88. The SMILES string of the molecule is Nc1ccn([C@@H]2CS[C@H](CO)O2)c(=O)n1.[Ca+2].[H-].[H-]. The molecule has 0 saturated carbocycles. The molecule has 1 saturated heterocycles. The molecular weight excluding hydrogens is 258 g/mol. The number of aromatic nitrogens is 2. The maximum Gasteiger partial charge on any atom is 2.00 e. The Hall–Kier alpha value is 0.210. The van der Waals surface area contributed by atoms with Gasteiger partial charge in [-0.15, -0.1) is 11.8 Å². The van der Waals surface area contributed by atoms with Gasteiger partial charge in [0, 0.05) is 11.9 Å². The van der Waals surface area contributed by atoms with Crippen LogP contribution in [0.15, 0.2) is 17.1 Å². The average molecular weight is 271 g/mol. The maximum absolute atomic E-state index is 11.4. The van der Waals surface area contributed by atoms with Crippen LogP contribution in [-0.4, -0.2) is 70.2 Å². The van der Waals surface area contributed by atoms with Gasteiger partial charge in [0.15, 0.2) is 0 Å². The normalized spacial score (nSPS) is 24.1. The van der Waals surface area contributed by atoms with Crippen molar-refractivity contribution < 1.29 is 12.7 Å². The van der Waals surface area contributed by atoms with Crippen LogP contribution in [0.25, 0.3) is 0 Å². The van der Waals surface area contributed by atoms with Crippen molar-refractivity contribution in [2.75, 3.05) is 18.1 Å². The molecule has 0 radical (unpaired) electrons. The number of nitrogen functional groups attached to an aromatic ring is 1. The summed E-state index contributed by atoms with van der Waals surface area (Å²) in [6.45, 7) is -0.0572. The number of thioether (sulfide) groups is 1. The zero-order chi connectivity index (χ0) is 10.8. The van der Waals surface area contributed by atoms with E-state index >= 15 is 0 Å². The van der Waals surface area contributed by atoms with Gasteiger partial charge in [0.2, 0.25) is 0 Å². The van der Waals surface area contributed by atoms with Crippen molar-refractivity contribution in [3.8, 4) is 0 Å². The minimum absolute atomic E-state index is 0. The molecule has 3 N–H and O–H groups in total. The number of hydrogen-bond acceptors (Lipinski definition) is 6. The molecule has 86 valence electrons. The maximum atomic E-state index is 11.4. The number of rotatable bonds is 2. The van der Waals surface area contributed by atoms with Crippen molar-refractivity contribution in [3.63, 3.8) is 0 Å². The molecule has 8 heteroatoms. The van der Waals surface area contributed by atoms with Gasteiger partial charge < -0.3 is 18.4 Å². The number of anilines is 1. The largest absolute Gasteiger partial charge is 2.00 e. The van der Waals surface area contributed by atoms with E-state index in [9.17, 15) is 4.79 Å². The zero-order valence-corrected chi connectivity index (χ0v) is 11.6. The molecule has 1 aromatic rings. The first-order chi connectivity index (χ1) is 7.20. The minimum atomic E-state index is -0.431. The summed E-state index contributed by atoms with van der Waals surface area (Å²) in [5.41, 5.74) is 4.67. The van der Waals surface area contributed by atoms with Gasteiger partial charge in [-0.2, -0.15) is 4.98 Å². The van der Waals surface area contributed by atoms with Gasteiger partial charge in [0.25, 0.3) is 0 Å². The third-order valence-electron chi connectivity index (χ3n) is 2.04. The molecule has 2 atom stereocenters. The Bertz CT molecular complexity index is 423. The third kappa shape index (κ3) is 3.12. The Morgan fingerprint density at radius 1 is 1.81 bits per heavy atom. The fraction of sp³-hybridized carbons (Fsp3) is 0.500. The molecule has 0 bridgehead atoms. The molecule has 0 aromatic carbocycles.